The van der Waals surface area contributed by atoms with E-state index < -0.39 is 0 Å². The van der Waals surface area contributed by atoms with Crippen molar-refractivity contribution in [3.8, 4) is 0 Å². The summed E-state index contributed by atoms with van der Waals surface area (Å²) in [5, 5.41) is 6.80. The zero-order chi connectivity index (χ0) is 14.4. The van der Waals surface area contributed by atoms with Gasteiger partial charge in [-0.2, -0.15) is 23.5 Å². The number of anilines is 2. The normalized spacial score (nSPS) is 18.6. The maximum Gasteiger partial charge on any atom is 0.251 e. The van der Waals surface area contributed by atoms with Crippen molar-refractivity contribution in [1.82, 2.24) is 5.32 Å². The summed E-state index contributed by atoms with van der Waals surface area (Å²) in [7, 11) is 0. The van der Waals surface area contributed by atoms with Crippen LogP contribution in [0.1, 0.15) is 17.3 Å². The van der Waals surface area contributed by atoms with E-state index in [0.717, 1.165) is 12.2 Å². The second-order valence-electron chi connectivity index (χ2n) is 4.61. The Hall–Kier alpha value is -1.01. The third-order valence-electron chi connectivity index (χ3n) is 3.06. The van der Waals surface area contributed by atoms with Gasteiger partial charge < -0.3 is 16.4 Å². The van der Waals surface area contributed by atoms with Crippen LogP contribution in [0.25, 0.3) is 0 Å². The smallest absolute Gasteiger partial charge is 0.251 e. The number of rotatable bonds is 5. The highest BCUT2D eigenvalue weighted by molar-refractivity contribution is 8.06. The van der Waals surface area contributed by atoms with E-state index in [1.807, 2.05) is 42.6 Å². The van der Waals surface area contributed by atoms with Gasteiger partial charge in [-0.05, 0) is 25.1 Å². The standard InChI is InChI=1S/C14H21N3OS2/c1-2-16-14(18)10-3-4-13(12(15)7-10)17-8-11-9-19-5-6-20-11/h3-4,7,11,17H,2,5-6,8-9,15H2,1H3,(H,16,18). The molecule has 1 fully saturated rings. The van der Waals surface area contributed by atoms with Gasteiger partial charge in [-0.25, -0.2) is 0 Å². The van der Waals surface area contributed by atoms with Gasteiger partial charge in [0.25, 0.3) is 5.91 Å². The van der Waals surface area contributed by atoms with Crippen LogP contribution in [0.5, 0.6) is 0 Å². The molecule has 20 heavy (non-hydrogen) atoms. The van der Waals surface area contributed by atoms with Crippen molar-refractivity contribution >= 4 is 40.8 Å². The first kappa shape index (κ1) is 15.4. The van der Waals surface area contributed by atoms with Crippen molar-refractivity contribution in [1.29, 1.82) is 0 Å². The summed E-state index contributed by atoms with van der Waals surface area (Å²) >= 11 is 4.02. The van der Waals surface area contributed by atoms with Crippen LogP contribution in [0.3, 0.4) is 0 Å². The molecule has 0 aromatic heterocycles. The maximum absolute atomic E-state index is 11.7. The summed E-state index contributed by atoms with van der Waals surface area (Å²) in [5.74, 6) is 3.59. The zero-order valence-corrected chi connectivity index (χ0v) is 13.3. The first-order valence-corrected chi connectivity index (χ1v) is 9.02. The number of thioether (sulfide) groups is 2. The van der Waals surface area contributed by atoms with Gasteiger partial charge in [0.2, 0.25) is 0 Å². The lowest BCUT2D eigenvalue weighted by atomic mass is 10.1. The third kappa shape index (κ3) is 4.24. The molecular weight excluding hydrogens is 290 g/mol. The van der Waals surface area contributed by atoms with Crippen molar-refractivity contribution < 1.29 is 4.79 Å². The summed E-state index contributed by atoms with van der Waals surface area (Å²) in [6.07, 6.45) is 0. The number of amides is 1. The van der Waals surface area contributed by atoms with Crippen molar-refractivity contribution in [2.75, 3.05) is 41.4 Å². The zero-order valence-electron chi connectivity index (χ0n) is 11.6. The molecule has 4 N–H and O–H groups in total. The number of nitrogen functional groups attached to an aromatic ring is 1. The Balaban J connectivity index is 1.93. The predicted octanol–water partition coefficient (Wildman–Crippen LogP) is 2.28. The minimum Gasteiger partial charge on any atom is -0.397 e. The molecule has 2 rings (SSSR count). The molecule has 1 aromatic rings. The van der Waals surface area contributed by atoms with Gasteiger partial charge in [-0.3, -0.25) is 4.79 Å². The number of carbonyl (C=O) groups excluding carboxylic acids is 1. The van der Waals surface area contributed by atoms with E-state index in [9.17, 15) is 4.79 Å². The van der Waals surface area contributed by atoms with Crippen LogP contribution >= 0.6 is 23.5 Å². The molecule has 1 amide bonds. The molecule has 0 saturated carbocycles. The van der Waals surface area contributed by atoms with E-state index in [-0.39, 0.29) is 5.91 Å². The summed E-state index contributed by atoms with van der Waals surface area (Å²) in [5.41, 5.74) is 8.16. The van der Waals surface area contributed by atoms with E-state index >= 15 is 0 Å². The minimum absolute atomic E-state index is 0.0787. The second-order valence-corrected chi connectivity index (χ2v) is 7.17. The van der Waals surface area contributed by atoms with E-state index in [1.165, 1.54) is 17.3 Å². The number of benzene rings is 1. The Labute approximate surface area is 128 Å². The number of nitrogens with one attached hydrogen (secondary N) is 2. The lowest BCUT2D eigenvalue weighted by Gasteiger charge is -2.22. The highest BCUT2D eigenvalue weighted by Crippen LogP contribution is 2.26. The van der Waals surface area contributed by atoms with Crippen molar-refractivity contribution in [2.45, 2.75) is 12.2 Å². The van der Waals surface area contributed by atoms with Crippen LogP contribution in [0.4, 0.5) is 11.4 Å². The van der Waals surface area contributed by atoms with Crippen molar-refractivity contribution in [3.05, 3.63) is 23.8 Å². The Morgan fingerprint density at radius 3 is 2.95 bits per heavy atom. The van der Waals surface area contributed by atoms with E-state index in [4.69, 9.17) is 5.73 Å². The second kappa shape index (κ2) is 7.69. The van der Waals surface area contributed by atoms with Crippen LogP contribution in [0.15, 0.2) is 18.2 Å². The summed E-state index contributed by atoms with van der Waals surface area (Å²) in [6.45, 7) is 3.44. The number of nitrogens with two attached hydrogens (primary N) is 1. The first-order valence-electron chi connectivity index (χ1n) is 6.81. The van der Waals surface area contributed by atoms with Gasteiger partial charge in [-0.1, -0.05) is 0 Å². The fourth-order valence-corrected chi connectivity index (χ4v) is 4.62. The predicted molar refractivity (Wildman–Crippen MR) is 90.9 cm³/mol. The molecule has 4 nitrogen and oxygen atoms in total. The van der Waals surface area contributed by atoms with Gasteiger partial charge >= 0.3 is 0 Å². The van der Waals surface area contributed by atoms with Crippen LogP contribution in [-0.4, -0.2) is 41.5 Å². The fourth-order valence-electron chi connectivity index (χ4n) is 2.01. The Kier molecular flexibility index (Phi) is 5.91. The van der Waals surface area contributed by atoms with Crippen LogP contribution < -0.4 is 16.4 Å². The molecule has 1 saturated heterocycles. The fraction of sp³-hybridized carbons (Fsp3) is 0.500. The number of hydrogen-bond donors (Lipinski definition) is 3. The lowest BCUT2D eigenvalue weighted by molar-refractivity contribution is 0.0956. The lowest BCUT2D eigenvalue weighted by Crippen LogP contribution is -2.24. The molecule has 0 spiro atoms. The topological polar surface area (TPSA) is 67.2 Å². The monoisotopic (exact) mass is 311 g/mol. The average Bonchev–Trinajstić information content (AvgIpc) is 2.47. The molecule has 6 heteroatoms. The highest BCUT2D eigenvalue weighted by Gasteiger charge is 2.14. The number of hydrogen-bond acceptors (Lipinski definition) is 5. The molecule has 1 atom stereocenters. The summed E-state index contributed by atoms with van der Waals surface area (Å²) < 4.78 is 0. The van der Waals surface area contributed by atoms with E-state index in [2.05, 4.69) is 10.6 Å². The van der Waals surface area contributed by atoms with Crippen LogP contribution in [0.2, 0.25) is 0 Å². The van der Waals surface area contributed by atoms with Gasteiger partial charge in [0.05, 0.1) is 11.4 Å². The molecule has 1 aromatic carbocycles. The van der Waals surface area contributed by atoms with Crippen molar-refractivity contribution in [3.63, 3.8) is 0 Å². The molecule has 0 bridgehead atoms. The molecule has 1 aliphatic heterocycles. The van der Waals surface area contributed by atoms with E-state index in [1.54, 1.807) is 6.07 Å². The molecule has 1 unspecified atom stereocenters. The molecule has 1 heterocycles. The first-order chi connectivity index (χ1) is 9.70. The molecule has 0 radical (unpaired) electrons. The quantitative estimate of drug-likeness (QED) is 0.728. The highest BCUT2D eigenvalue weighted by atomic mass is 32.2. The minimum atomic E-state index is -0.0787. The molecule has 0 aliphatic carbocycles. The van der Waals surface area contributed by atoms with Gasteiger partial charge in [0.1, 0.15) is 0 Å². The largest absolute Gasteiger partial charge is 0.397 e. The van der Waals surface area contributed by atoms with Crippen molar-refractivity contribution in [2.24, 2.45) is 0 Å². The van der Waals surface area contributed by atoms with E-state index in [0.29, 0.717) is 23.0 Å². The SMILES string of the molecule is CCNC(=O)c1ccc(NCC2CSCCS2)c(N)c1. The summed E-state index contributed by atoms with van der Waals surface area (Å²) in [4.78, 5) is 11.7. The average molecular weight is 311 g/mol. The summed E-state index contributed by atoms with van der Waals surface area (Å²) in [6, 6.07) is 5.43. The van der Waals surface area contributed by atoms with Crippen LogP contribution in [-0.2, 0) is 0 Å². The number of carbonyl (C=O) groups is 1. The molecule has 1 aliphatic rings. The Morgan fingerprint density at radius 2 is 2.30 bits per heavy atom. The Bertz CT molecular complexity index is 462. The van der Waals surface area contributed by atoms with Crippen LogP contribution in [0, 0.1) is 0 Å². The third-order valence-corrected chi connectivity index (χ3v) is 5.90. The van der Waals surface area contributed by atoms with Gasteiger partial charge in [0, 0.05) is 41.2 Å². The Morgan fingerprint density at radius 1 is 1.45 bits per heavy atom. The molecule has 110 valence electrons. The maximum atomic E-state index is 11.7. The molecular formula is C14H21N3OS2. The van der Waals surface area contributed by atoms with Gasteiger partial charge in [-0.15, -0.1) is 0 Å². The van der Waals surface area contributed by atoms with Gasteiger partial charge in [0.15, 0.2) is 0 Å².